The summed E-state index contributed by atoms with van der Waals surface area (Å²) in [5.41, 5.74) is 1.04. The van der Waals surface area contributed by atoms with Crippen molar-refractivity contribution in [3.8, 4) is 0 Å². The zero-order valence-corrected chi connectivity index (χ0v) is 10.9. The third kappa shape index (κ3) is 3.47. The fourth-order valence-corrected chi connectivity index (χ4v) is 2.14. The topological polar surface area (TPSA) is 20.3 Å². The molecule has 0 bridgehead atoms. The number of hydrogen-bond acceptors (Lipinski definition) is 1. The molecule has 1 aromatic rings. The Labute approximate surface area is 108 Å². The second-order valence-corrected chi connectivity index (χ2v) is 5.06. The zero-order chi connectivity index (χ0) is 12.3. The van der Waals surface area contributed by atoms with E-state index in [0.29, 0.717) is 17.5 Å². The van der Waals surface area contributed by atoms with E-state index in [4.69, 9.17) is 11.6 Å². The van der Waals surface area contributed by atoms with Gasteiger partial charge in [-0.05, 0) is 37.0 Å². The zero-order valence-electron chi connectivity index (χ0n) is 10.2. The molecule has 0 atom stereocenters. The van der Waals surface area contributed by atoms with E-state index >= 15 is 0 Å². The number of amides is 1. The van der Waals surface area contributed by atoms with Gasteiger partial charge in [-0.1, -0.05) is 30.7 Å². The molecule has 1 fully saturated rings. The summed E-state index contributed by atoms with van der Waals surface area (Å²) < 4.78 is 0. The van der Waals surface area contributed by atoms with E-state index in [2.05, 4.69) is 6.92 Å². The molecular weight excluding hydrogens is 234 g/mol. The van der Waals surface area contributed by atoms with Gasteiger partial charge in [0.25, 0.3) is 0 Å². The molecule has 0 N–H and O–H groups in total. The van der Waals surface area contributed by atoms with Gasteiger partial charge in [-0.3, -0.25) is 4.79 Å². The predicted octanol–water partition coefficient (Wildman–Crippen LogP) is 3.28. The van der Waals surface area contributed by atoms with Crippen molar-refractivity contribution in [2.45, 2.75) is 38.6 Å². The second-order valence-electron chi connectivity index (χ2n) is 4.62. The minimum Gasteiger partial charge on any atom is -0.339 e. The first-order valence-electron chi connectivity index (χ1n) is 6.24. The van der Waals surface area contributed by atoms with Crippen LogP contribution in [0.1, 0.15) is 31.7 Å². The molecule has 1 aromatic carbocycles. The Morgan fingerprint density at radius 1 is 1.35 bits per heavy atom. The SMILES string of the molecule is CCCN(C(=O)Cc1ccc(Cl)cc1)C1CC1. The summed E-state index contributed by atoms with van der Waals surface area (Å²) in [6, 6.07) is 8.04. The smallest absolute Gasteiger partial charge is 0.227 e. The van der Waals surface area contributed by atoms with Crippen LogP contribution in [0.2, 0.25) is 5.02 Å². The second kappa shape index (κ2) is 5.54. The molecule has 0 aromatic heterocycles. The first-order valence-corrected chi connectivity index (χ1v) is 6.62. The molecule has 2 rings (SSSR count). The highest BCUT2D eigenvalue weighted by molar-refractivity contribution is 6.30. The van der Waals surface area contributed by atoms with Gasteiger partial charge in [0.1, 0.15) is 0 Å². The molecule has 0 radical (unpaired) electrons. The van der Waals surface area contributed by atoms with Gasteiger partial charge in [-0.2, -0.15) is 0 Å². The maximum atomic E-state index is 12.2. The van der Waals surface area contributed by atoms with Crippen molar-refractivity contribution in [2.24, 2.45) is 0 Å². The number of carbonyl (C=O) groups excluding carboxylic acids is 1. The van der Waals surface area contributed by atoms with Crippen molar-refractivity contribution in [1.82, 2.24) is 4.90 Å². The van der Waals surface area contributed by atoms with Gasteiger partial charge < -0.3 is 4.90 Å². The Balaban J connectivity index is 1.96. The quantitative estimate of drug-likeness (QED) is 0.787. The van der Waals surface area contributed by atoms with Crippen LogP contribution in [0.4, 0.5) is 0 Å². The molecule has 1 aliphatic carbocycles. The van der Waals surface area contributed by atoms with Crippen LogP contribution in [-0.2, 0) is 11.2 Å². The fraction of sp³-hybridized carbons (Fsp3) is 0.500. The number of rotatable bonds is 5. The summed E-state index contributed by atoms with van der Waals surface area (Å²) in [4.78, 5) is 14.2. The maximum Gasteiger partial charge on any atom is 0.227 e. The molecule has 0 unspecified atom stereocenters. The van der Waals surface area contributed by atoms with E-state index in [1.54, 1.807) is 0 Å². The van der Waals surface area contributed by atoms with Gasteiger partial charge in [-0.15, -0.1) is 0 Å². The van der Waals surface area contributed by atoms with Crippen LogP contribution in [0.3, 0.4) is 0 Å². The highest BCUT2D eigenvalue weighted by Gasteiger charge is 2.31. The number of nitrogens with zero attached hydrogens (tertiary/aromatic N) is 1. The Kier molecular flexibility index (Phi) is 4.06. The third-order valence-electron chi connectivity index (χ3n) is 3.04. The van der Waals surface area contributed by atoms with Gasteiger partial charge in [0.05, 0.1) is 6.42 Å². The molecule has 0 aliphatic heterocycles. The normalized spacial score (nSPS) is 14.7. The summed E-state index contributed by atoms with van der Waals surface area (Å²) in [7, 11) is 0. The molecule has 1 aliphatic rings. The summed E-state index contributed by atoms with van der Waals surface area (Å²) in [5.74, 6) is 0.247. The summed E-state index contributed by atoms with van der Waals surface area (Å²) in [5, 5.41) is 0.716. The number of halogens is 1. The average Bonchev–Trinajstić information content (AvgIpc) is 3.13. The Morgan fingerprint density at radius 2 is 2.00 bits per heavy atom. The Hall–Kier alpha value is -1.02. The molecule has 1 amide bonds. The van der Waals surface area contributed by atoms with E-state index in [9.17, 15) is 4.79 Å². The molecule has 1 saturated carbocycles. The highest BCUT2D eigenvalue weighted by Crippen LogP contribution is 2.27. The van der Waals surface area contributed by atoms with Crippen molar-refractivity contribution in [3.05, 3.63) is 34.9 Å². The Morgan fingerprint density at radius 3 is 2.53 bits per heavy atom. The van der Waals surface area contributed by atoms with Crippen LogP contribution in [-0.4, -0.2) is 23.4 Å². The molecule has 17 heavy (non-hydrogen) atoms. The van der Waals surface area contributed by atoms with Crippen molar-refractivity contribution >= 4 is 17.5 Å². The molecular formula is C14H18ClNO. The number of benzene rings is 1. The lowest BCUT2D eigenvalue weighted by Crippen LogP contribution is -2.34. The standard InChI is InChI=1S/C14H18ClNO/c1-2-9-16(13-7-8-13)14(17)10-11-3-5-12(15)6-4-11/h3-6,13H,2,7-10H2,1H3. The largest absolute Gasteiger partial charge is 0.339 e. The van der Waals surface area contributed by atoms with Gasteiger partial charge in [0.15, 0.2) is 0 Å². The van der Waals surface area contributed by atoms with Crippen LogP contribution in [0.5, 0.6) is 0 Å². The summed E-state index contributed by atoms with van der Waals surface area (Å²) in [6.45, 7) is 3.00. The minimum absolute atomic E-state index is 0.247. The van der Waals surface area contributed by atoms with Crippen molar-refractivity contribution in [3.63, 3.8) is 0 Å². The first-order chi connectivity index (χ1) is 8.20. The van der Waals surface area contributed by atoms with Crippen molar-refractivity contribution in [2.75, 3.05) is 6.54 Å². The summed E-state index contributed by atoms with van der Waals surface area (Å²) >= 11 is 5.83. The molecule has 0 saturated heterocycles. The van der Waals surface area contributed by atoms with Crippen LogP contribution < -0.4 is 0 Å². The van der Waals surface area contributed by atoms with Gasteiger partial charge in [-0.25, -0.2) is 0 Å². The molecule has 3 heteroatoms. The van der Waals surface area contributed by atoms with Crippen molar-refractivity contribution in [1.29, 1.82) is 0 Å². The predicted molar refractivity (Wildman–Crippen MR) is 70.2 cm³/mol. The lowest BCUT2D eigenvalue weighted by atomic mass is 10.1. The average molecular weight is 252 g/mol. The minimum atomic E-state index is 0.247. The van der Waals surface area contributed by atoms with Crippen LogP contribution in [0.15, 0.2) is 24.3 Å². The molecule has 0 heterocycles. The van der Waals surface area contributed by atoms with Gasteiger partial charge >= 0.3 is 0 Å². The number of carbonyl (C=O) groups is 1. The van der Waals surface area contributed by atoms with Gasteiger partial charge in [0.2, 0.25) is 5.91 Å². The van der Waals surface area contributed by atoms with E-state index in [1.165, 1.54) is 12.8 Å². The van der Waals surface area contributed by atoms with Crippen LogP contribution in [0.25, 0.3) is 0 Å². The van der Waals surface area contributed by atoms with Gasteiger partial charge in [0, 0.05) is 17.6 Å². The van der Waals surface area contributed by atoms with E-state index < -0.39 is 0 Å². The molecule has 2 nitrogen and oxygen atoms in total. The fourth-order valence-electron chi connectivity index (χ4n) is 2.02. The third-order valence-corrected chi connectivity index (χ3v) is 3.29. The summed E-state index contributed by atoms with van der Waals surface area (Å²) in [6.07, 6.45) is 3.87. The first kappa shape index (κ1) is 12.4. The van der Waals surface area contributed by atoms with E-state index in [0.717, 1.165) is 18.5 Å². The lowest BCUT2D eigenvalue weighted by Gasteiger charge is -2.21. The maximum absolute atomic E-state index is 12.2. The highest BCUT2D eigenvalue weighted by atomic mass is 35.5. The molecule has 92 valence electrons. The van der Waals surface area contributed by atoms with Crippen LogP contribution >= 0.6 is 11.6 Å². The molecule has 0 spiro atoms. The van der Waals surface area contributed by atoms with Crippen LogP contribution in [0, 0.1) is 0 Å². The monoisotopic (exact) mass is 251 g/mol. The number of hydrogen-bond donors (Lipinski definition) is 0. The lowest BCUT2D eigenvalue weighted by molar-refractivity contribution is -0.131. The Bertz CT molecular complexity index is 384. The van der Waals surface area contributed by atoms with Crippen molar-refractivity contribution < 1.29 is 4.79 Å². The van der Waals surface area contributed by atoms with E-state index in [-0.39, 0.29) is 5.91 Å². The van der Waals surface area contributed by atoms with E-state index in [1.807, 2.05) is 29.2 Å².